The second-order valence-electron chi connectivity index (χ2n) is 3.15. The van der Waals surface area contributed by atoms with Crippen LogP contribution in [0.5, 0.6) is 0 Å². The van der Waals surface area contributed by atoms with Gasteiger partial charge in [0.25, 0.3) is 0 Å². The lowest BCUT2D eigenvalue weighted by atomic mass is 9.96. The third-order valence-corrected chi connectivity index (χ3v) is 2.32. The predicted octanol–water partition coefficient (Wildman–Crippen LogP) is -0.679. The van der Waals surface area contributed by atoms with Gasteiger partial charge >= 0.3 is 0 Å². The van der Waals surface area contributed by atoms with E-state index in [2.05, 4.69) is 5.32 Å². The van der Waals surface area contributed by atoms with Crippen molar-refractivity contribution in [3.05, 3.63) is 0 Å². The molecule has 0 aromatic rings. The molecule has 0 aliphatic heterocycles. The van der Waals surface area contributed by atoms with Crippen LogP contribution in [0.2, 0.25) is 0 Å². The minimum atomic E-state index is -0.252. The standard InChI is InChI=1S/C8H20N2O2/c1-7(12-3)8(2,6-9)10-4-5-11/h7,10-11H,4-6,9H2,1-3H3. The molecule has 2 atom stereocenters. The lowest BCUT2D eigenvalue weighted by Gasteiger charge is -2.34. The molecule has 2 unspecified atom stereocenters. The number of aliphatic hydroxyl groups excluding tert-OH is 1. The molecule has 4 heteroatoms. The average Bonchev–Trinajstić information content (AvgIpc) is 2.12. The molecular formula is C8H20N2O2. The highest BCUT2D eigenvalue weighted by atomic mass is 16.5. The number of hydrogen-bond acceptors (Lipinski definition) is 4. The zero-order chi connectivity index (χ0) is 9.61. The van der Waals surface area contributed by atoms with E-state index in [0.29, 0.717) is 13.1 Å². The second kappa shape index (κ2) is 5.48. The van der Waals surface area contributed by atoms with Crippen LogP contribution in [0, 0.1) is 0 Å². The molecule has 0 aromatic heterocycles. The summed E-state index contributed by atoms with van der Waals surface area (Å²) in [7, 11) is 1.65. The minimum Gasteiger partial charge on any atom is -0.395 e. The zero-order valence-corrected chi connectivity index (χ0v) is 8.13. The Kier molecular flexibility index (Phi) is 5.41. The van der Waals surface area contributed by atoms with Crippen molar-refractivity contribution in [1.82, 2.24) is 5.32 Å². The topological polar surface area (TPSA) is 67.5 Å². The van der Waals surface area contributed by atoms with E-state index in [4.69, 9.17) is 15.6 Å². The van der Waals surface area contributed by atoms with Gasteiger partial charge in [-0.25, -0.2) is 0 Å². The molecular weight excluding hydrogens is 156 g/mol. The van der Waals surface area contributed by atoms with Crippen LogP contribution >= 0.6 is 0 Å². The van der Waals surface area contributed by atoms with Crippen LogP contribution in [0.1, 0.15) is 13.8 Å². The molecule has 0 radical (unpaired) electrons. The summed E-state index contributed by atoms with van der Waals surface area (Å²) < 4.78 is 5.18. The van der Waals surface area contributed by atoms with E-state index in [1.165, 1.54) is 0 Å². The van der Waals surface area contributed by atoms with Crippen LogP contribution in [0.25, 0.3) is 0 Å². The van der Waals surface area contributed by atoms with Crippen molar-refractivity contribution in [2.45, 2.75) is 25.5 Å². The Morgan fingerprint density at radius 3 is 2.58 bits per heavy atom. The molecule has 0 aliphatic carbocycles. The Bertz CT molecular complexity index is 122. The number of aliphatic hydroxyl groups is 1. The number of rotatable bonds is 6. The lowest BCUT2D eigenvalue weighted by molar-refractivity contribution is 0.0400. The minimum absolute atomic E-state index is 0.0362. The van der Waals surface area contributed by atoms with Gasteiger partial charge in [0.15, 0.2) is 0 Å². The van der Waals surface area contributed by atoms with Crippen molar-refractivity contribution in [3.8, 4) is 0 Å². The summed E-state index contributed by atoms with van der Waals surface area (Å²) in [5.74, 6) is 0. The first-order valence-electron chi connectivity index (χ1n) is 4.19. The van der Waals surface area contributed by atoms with Gasteiger partial charge in [0, 0.05) is 20.2 Å². The van der Waals surface area contributed by atoms with Gasteiger partial charge < -0.3 is 20.9 Å². The first kappa shape index (κ1) is 11.8. The first-order chi connectivity index (χ1) is 5.60. The highest BCUT2D eigenvalue weighted by Crippen LogP contribution is 2.10. The van der Waals surface area contributed by atoms with Crippen molar-refractivity contribution in [2.75, 3.05) is 26.8 Å². The predicted molar refractivity (Wildman–Crippen MR) is 49.0 cm³/mol. The van der Waals surface area contributed by atoms with E-state index in [1.807, 2.05) is 13.8 Å². The van der Waals surface area contributed by atoms with Gasteiger partial charge in [-0.05, 0) is 13.8 Å². The van der Waals surface area contributed by atoms with E-state index in [-0.39, 0.29) is 18.2 Å². The number of β-amino-alcohol motifs (C(OH)–C–C–N with tert-alkyl or cyclic N) is 1. The highest BCUT2D eigenvalue weighted by molar-refractivity contribution is 4.90. The van der Waals surface area contributed by atoms with Gasteiger partial charge in [0.05, 0.1) is 18.2 Å². The van der Waals surface area contributed by atoms with E-state index >= 15 is 0 Å². The molecule has 4 nitrogen and oxygen atoms in total. The largest absolute Gasteiger partial charge is 0.395 e. The SMILES string of the molecule is COC(C)C(C)(CN)NCCO. The molecule has 0 rings (SSSR count). The summed E-state index contributed by atoms with van der Waals surface area (Å²) >= 11 is 0. The van der Waals surface area contributed by atoms with Crippen molar-refractivity contribution in [2.24, 2.45) is 5.73 Å². The number of hydrogen-bond donors (Lipinski definition) is 3. The Morgan fingerprint density at radius 1 is 1.67 bits per heavy atom. The van der Waals surface area contributed by atoms with Gasteiger partial charge in [-0.1, -0.05) is 0 Å². The van der Waals surface area contributed by atoms with Crippen LogP contribution in [0.4, 0.5) is 0 Å². The lowest BCUT2D eigenvalue weighted by Crippen LogP contribution is -2.57. The summed E-state index contributed by atoms with van der Waals surface area (Å²) in [6.45, 7) is 5.09. The molecule has 0 spiro atoms. The van der Waals surface area contributed by atoms with E-state index in [1.54, 1.807) is 7.11 Å². The zero-order valence-electron chi connectivity index (χ0n) is 8.13. The molecule has 0 fully saturated rings. The molecule has 0 heterocycles. The smallest absolute Gasteiger partial charge is 0.0734 e. The monoisotopic (exact) mass is 176 g/mol. The highest BCUT2D eigenvalue weighted by Gasteiger charge is 2.28. The Hall–Kier alpha value is -0.160. The number of nitrogens with one attached hydrogen (secondary N) is 1. The quantitative estimate of drug-likeness (QED) is 0.501. The summed E-state index contributed by atoms with van der Waals surface area (Å²) in [5, 5.41) is 11.8. The fourth-order valence-corrected chi connectivity index (χ4v) is 0.983. The van der Waals surface area contributed by atoms with Crippen molar-refractivity contribution in [3.63, 3.8) is 0 Å². The third kappa shape index (κ3) is 3.06. The fourth-order valence-electron chi connectivity index (χ4n) is 0.983. The third-order valence-electron chi connectivity index (χ3n) is 2.32. The number of ether oxygens (including phenoxy) is 1. The summed E-state index contributed by atoms with van der Waals surface area (Å²) in [4.78, 5) is 0. The first-order valence-corrected chi connectivity index (χ1v) is 4.19. The van der Waals surface area contributed by atoms with Gasteiger partial charge in [-0.2, -0.15) is 0 Å². The summed E-state index contributed by atoms with van der Waals surface area (Å²) in [6.07, 6.45) is 0.0362. The molecule has 0 aliphatic rings. The average molecular weight is 176 g/mol. The maximum absolute atomic E-state index is 8.64. The van der Waals surface area contributed by atoms with Crippen LogP contribution in [0.15, 0.2) is 0 Å². The van der Waals surface area contributed by atoms with Crippen LogP contribution < -0.4 is 11.1 Å². The Balaban J connectivity index is 4.03. The molecule has 0 amide bonds. The molecule has 0 bridgehead atoms. The van der Waals surface area contributed by atoms with E-state index in [9.17, 15) is 0 Å². The summed E-state index contributed by atoms with van der Waals surface area (Å²) in [5.41, 5.74) is 5.35. The van der Waals surface area contributed by atoms with Gasteiger partial charge in [0.1, 0.15) is 0 Å². The summed E-state index contributed by atoms with van der Waals surface area (Å²) in [6, 6.07) is 0. The molecule has 12 heavy (non-hydrogen) atoms. The Morgan fingerprint density at radius 2 is 2.25 bits per heavy atom. The Labute approximate surface area is 74.1 Å². The molecule has 0 saturated heterocycles. The second-order valence-corrected chi connectivity index (χ2v) is 3.15. The normalized spacial score (nSPS) is 18.8. The van der Waals surface area contributed by atoms with Crippen molar-refractivity contribution < 1.29 is 9.84 Å². The van der Waals surface area contributed by atoms with Crippen molar-refractivity contribution in [1.29, 1.82) is 0 Å². The molecule has 4 N–H and O–H groups in total. The number of nitrogens with two attached hydrogens (primary N) is 1. The van der Waals surface area contributed by atoms with E-state index < -0.39 is 0 Å². The molecule has 0 saturated carbocycles. The van der Waals surface area contributed by atoms with E-state index in [0.717, 1.165) is 0 Å². The van der Waals surface area contributed by atoms with Crippen molar-refractivity contribution >= 4 is 0 Å². The molecule has 0 aromatic carbocycles. The van der Waals surface area contributed by atoms with Crippen LogP contribution in [-0.2, 0) is 4.74 Å². The fraction of sp³-hybridized carbons (Fsp3) is 1.00. The van der Waals surface area contributed by atoms with Gasteiger partial charge in [-0.3, -0.25) is 0 Å². The van der Waals surface area contributed by atoms with Crippen LogP contribution in [-0.4, -0.2) is 43.6 Å². The molecule has 74 valence electrons. The number of methoxy groups -OCH3 is 1. The van der Waals surface area contributed by atoms with Crippen LogP contribution in [0.3, 0.4) is 0 Å². The van der Waals surface area contributed by atoms with Gasteiger partial charge in [0.2, 0.25) is 0 Å². The maximum Gasteiger partial charge on any atom is 0.0734 e. The maximum atomic E-state index is 8.64. The van der Waals surface area contributed by atoms with Gasteiger partial charge in [-0.15, -0.1) is 0 Å².